The molecule has 44 heavy (non-hydrogen) atoms. The summed E-state index contributed by atoms with van der Waals surface area (Å²) < 4.78 is 1.89. The van der Waals surface area contributed by atoms with E-state index in [0.29, 0.717) is 6.04 Å². The summed E-state index contributed by atoms with van der Waals surface area (Å²) in [6.07, 6.45) is 5.21. The molecule has 1 aliphatic rings. The van der Waals surface area contributed by atoms with Crippen molar-refractivity contribution in [3.05, 3.63) is 84.3 Å². The normalized spacial score (nSPS) is 15.6. The highest BCUT2D eigenvalue weighted by atomic mass is 16.2. The lowest BCUT2D eigenvalue weighted by molar-refractivity contribution is -0.113. The lowest BCUT2D eigenvalue weighted by Gasteiger charge is -2.39. The Balaban J connectivity index is 1.54. The van der Waals surface area contributed by atoms with E-state index in [2.05, 4.69) is 96.7 Å². The molecule has 0 radical (unpaired) electrons. The Kier molecular flexibility index (Phi) is 7.63. The zero-order chi connectivity index (χ0) is 31.3. The van der Waals surface area contributed by atoms with Crippen molar-refractivity contribution in [2.45, 2.75) is 33.7 Å². The van der Waals surface area contributed by atoms with E-state index in [-0.39, 0.29) is 5.91 Å². The summed E-state index contributed by atoms with van der Waals surface area (Å²) in [5.41, 5.74) is 12.4. The second kappa shape index (κ2) is 11.4. The van der Waals surface area contributed by atoms with Crippen molar-refractivity contribution < 1.29 is 4.79 Å². The van der Waals surface area contributed by atoms with Crippen molar-refractivity contribution in [1.82, 2.24) is 24.6 Å². The van der Waals surface area contributed by atoms with Gasteiger partial charge in [-0.1, -0.05) is 30.8 Å². The number of aromatic nitrogens is 4. The molecule has 8 nitrogen and oxygen atoms in total. The minimum absolute atomic E-state index is 0.148. The standard InChI is InChI=1S/C36H41N7O/c1-9-32(44)41(7)31-18-27(11-10-22(31)2)34-33-24(4)29(30-20-38-42(8)25(30)5)19-37-36(33)39-35(34)26-12-14-28(15-13-26)43-17-16-40(6)23(3)21-43/h9-15,18-20,23H,1,16-17,21H2,2-8H3,(H,37,39)/t23-/m0/s1. The molecule has 2 aromatic carbocycles. The van der Waals surface area contributed by atoms with Crippen LogP contribution in [0.25, 0.3) is 44.5 Å². The number of hydrogen-bond acceptors (Lipinski definition) is 5. The van der Waals surface area contributed by atoms with Crippen LogP contribution >= 0.6 is 0 Å². The number of aromatic amines is 1. The molecule has 1 N–H and O–H groups in total. The average molecular weight is 588 g/mol. The van der Waals surface area contributed by atoms with Gasteiger partial charge < -0.3 is 19.7 Å². The van der Waals surface area contributed by atoms with Gasteiger partial charge in [0.05, 0.1) is 11.9 Å². The Labute approximate surface area is 259 Å². The zero-order valence-electron chi connectivity index (χ0n) is 26.8. The van der Waals surface area contributed by atoms with Gasteiger partial charge in [0, 0.05) is 85.1 Å². The quantitative estimate of drug-likeness (QED) is 0.229. The zero-order valence-corrected chi connectivity index (χ0v) is 26.8. The van der Waals surface area contributed by atoms with Gasteiger partial charge in [-0.15, -0.1) is 0 Å². The number of aryl methyl sites for hydroxylation is 3. The molecule has 3 aromatic heterocycles. The van der Waals surface area contributed by atoms with Gasteiger partial charge in [-0.3, -0.25) is 9.48 Å². The van der Waals surface area contributed by atoms with E-state index in [1.54, 1.807) is 11.9 Å². The van der Waals surface area contributed by atoms with Crippen LogP contribution < -0.4 is 9.80 Å². The van der Waals surface area contributed by atoms with E-state index < -0.39 is 0 Å². The number of nitrogens with zero attached hydrogens (tertiary/aromatic N) is 6. The van der Waals surface area contributed by atoms with Crippen molar-refractivity contribution in [3.63, 3.8) is 0 Å². The smallest absolute Gasteiger partial charge is 0.250 e. The minimum Gasteiger partial charge on any atom is -0.369 e. The van der Waals surface area contributed by atoms with Crippen LogP contribution in [0.15, 0.2) is 67.5 Å². The van der Waals surface area contributed by atoms with E-state index in [0.717, 1.165) is 86.7 Å². The number of H-pyrrole nitrogens is 1. The highest BCUT2D eigenvalue weighted by Crippen LogP contribution is 2.43. The molecular formula is C36H41N7O. The summed E-state index contributed by atoms with van der Waals surface area (Å²) in [6, 6.07) is 15.7. The Morgan fingerprint density at radius 1 is 1.02 bits per heavy atom. The maximum atomic E-state index is 12.6. The predicted molar refractivity (Wildman–Crippen MR) is 181 cm³/mol. The van der Waals surface area contributed by atoms with E-state index in [1.807, 2.05) is 31.0 Å². The van der Waals surface area contributed by atoms with Crippen molar-refractivity contribution in [2.24, 2.45) is 7.05 Å². The SMILES string of the molecule is C=CC(=O)N(C)c1cc(-c2c(-c3ccc(N4CCN(C)[C@@H](C)C4)cc3)[nH]c3ncc(-c4cnn(C)c4C)c(C)c23)ccc1C. The van der Waals surface area contributed by atoms with Gasteiger partial charge in [0.2, 0.25) is 5.91 Å². The lowest BCUT2D eigenvalue weighted by Crippen LogP contribution is -2.50. The number of benzene rings is 2. The molecule has 1 aliphatic heterocycles. The molecule has 0 aliphatic carbocycles. The lowest BCUT2D eigenvalue weighted by atomic mass is 9.93. The molecule has 1 amide bonds. The van der Waals surface area contributed by atoms with Crippen molar-refractivity contribution in [2.75, 3.05) is 43.5 Å². The Morgan fingerprint density at radius 2 is 1.75 bits per heavy atom. The summed E-state index contributed by atoms with van der Waals surface area (Å²) in [4.78, 5) is 27.8. The molecule has 4 heterocycles. The fraction of sp³-hybridized carbons (Fsp3) is 0.306. The van der Waals surface area contributed by atoms with Gasteiger partial charge in [-0.25, -0.2) is 4.98 Å². The molecule has 6 rings (SSSR count). The summed E-state index contributed by atoms with van der Waals surface area (Å²) in [6.45, 7) is 15.3. The Bertz CT molecular complexity index is 1880. The van der Waals surface area contributed by atoms with Crippen molar-refractivity contribution in [3.8, 4) is 33.5 Å². The third kappa shape index (κ3) is 4.99. The number of piperazine rings is 1. The monoisotopic (exact) mass is 587 g/mol. The van der Waals surface area contributed by atoms with Gasteiger partial charge in [0.15, 0.2) is 0 Å². The molecule has 0 unspecified atom stereocenters. The molecule has 1 fully saturated rings. The molecule has 5 aromatic rings. The molecule has 0 spiro atoms. The summed E-state index contributed by atoms with van der Waals surface area (Å²) in [5.74, 6) is -0.148. The van der Waals surface area contributed by atoms with Crippen LogP contribution in [0.5, 0.6) is 0 Å². The third-order valence-electron chi connectivity index (χ3n) is 9.45. The fourth-order valence-electron chi connectivity index (χ4n) is 6.35. The Morgan fingerprint density at radius 3 is 2.41 bits per heavy atom. The van der Waals surface area contributed by atoms with E-state index in [4.69, 9.17) is 4.98 Å². The van der Waals surface area contributed by atoms with Crippen LogP contribution in [-0.4, -0.2) is 70.3 Å². The number of hydrogen-bond donors (Lipinski definition) is 1. The summed E-state index contributed by atoms with van der Waals surface area (Å²) in [7, 11) is 5.95. The second-order valence-electron chi connectivity index (χ2n) is 12.1. The van der Waals surface area contributed by atoms with Crippen LogP contribution in [0.1, 0.15) is 23.7 Å². The number of carbonyl (C=O) groups excluding carboxylic acids is 1. The van der Waals surface area contributed by atoms with E-state index in [9.17, 15) is 4.79 Å². The Hall–Kier alpha value is -4.69. The van der Waals surface area contributed by atoms with E-state index in [1.165, 1.54) is 11.8 Å². The van der Waals surface area contributed by atoms with Crippen molar-refractivity contribution >= 4 is 28.3 Å². The molecule has 0 bridgehead atoms. The number of rotatable bonds is 6. The van der Waals surface area contributed by atoms with Crippen LogP contribution in [0.3, 0.4) is 0 Å². The molecule has 8 heteroatoms. The van der Waals surface area contributed by atoms with Crippen LogP contribution in [-0.2, 0) is 11.8 Å². The highest BCUT2D eigenvalue weighted by Gasteiger charge is 2.24. The molecule has 1 atom stereocenters. The fourth-order valence-corrected chi connectivity index (χ4v) is 6.35. The highest BCUT2D eigenvalue weighted by molar-refractivity contribution is 6.07. The summed E-state index contributed by atoms with van der Waals surface area (Å²) >= 11 is 0. The molecule has 1 saturated heterocycles. The van der Waals surface area contributed by atoms with Crippen molar-refractivity contribution in [1.29, 1.82) is 0 Å². The molecule has 226 valence electrons. The number of fused-ring (bicyclic) bond motifs is 1. The van der Waals surface area contributed by atoms with E-state index >= 15 is 0 Å². The first kappa shape index (κ1) is 29.4. The van der Waals surface area contributed by atoms with Crippen LogP contribution in [0.2, 0.25) is 0 Å². The third-order valence-corrected chi connectivity index (χ3v) is 9.45. The van der Waals surface area contributed by atoms with Gasteiger partial charge in [-0.2, -0.15) is 5.10 Å². The molecular weight excluding hydrogens is 546 g/mol. The van der Waals surface area contributed by atoms with Crippen LogP contribution in [0, 0.1) is 20.8 Å². The number of anilines is 2. The maximum absolute atomic E-state index is 12.6. The number of pyridine rings is 1. The van der Waals surface area contributed by atoms with Crippen LogP contribution in [0.4, 0.5) is 11.4 Å². The number of carbonyl (C=O) groups is 1. The first-order chi connectivity index (χ1) is 21.1. The first-order valence-electron chi connectivity index (χ1n) is 15.2. The van der Waals surface area contributed by atoms with Gasteiger partial charge >= 0.3 is 0 Å². The number of amides is 1. The predicted octanol–water partition coefficient (Wildman–Crippen LogP) is 6.51. The minimum atomic E-state index is -0.148. The second-order valence-corrected chi connectivity index (χ2v) is 12.1. The average Bonchev–Trinajstić information content (AvgIpc) is 3.58. The molecule has 0 saturated carbocycles. The van der Waals surface area contributed by atoms with Gasteiger partial charge in [-0.05, 0) is 81.3 Å². The largest absolute Gasteiger partial charge is 0.369 e. The van der Waals surface area contributed by atoms with Gasteiger partial charge in [0.25, 0.3) is 0 Å². The topological polar surface area (TPSA) is 73.3 Å². The first-order valence-corrected chi connectivity index (χ1v) is 15.2. The maximum Gasteiger partial charge on any atom is 0.250 e. The number of nitrogens with one attached hydrogen (secondary N) is 1. The van der Waals surface area contributed by atoms with Gasteiger partial charge in [0.1, 0.15) is 5.65 Å². The number of likely N-dealkylation sites (N-methyl/N-ethyl adjacent to an activating group) is 2. The summed E-state index contributed by atoms with van der Waals surface area (Å²) in [5, 5.41) is 5.56.